The lowest BCUT2D eigenvalue weighted by Crippen LogP contribution is -2.40. The third-order valence-corrected chi connectivity index (χ3v) is 3.03. The van der Waals surface area contributed by atoms with Crippen LogP contribution in [0.3, 0.4) is 0 Å². The number of nitrogens with one attached hydrogen (secondary N) is 2. The number of nitrogens with zero attached hydrogens (tertiary/aromatic N) is 2. The molecule has 88 valence electrons. The van der Waals surface area contributed by atoms with E-state index in [-0.39, 0.29) is 11.8 Å². The van der Waals surface area contributed by atoms with Gasteiger partial charge >= 0.3 is 0 Å². The van der Waals surface area contributed by atoms with Crippen LogP contribution in [0, 0.1) is 5.92 Å². The van der Waals surface area contributed by atoms with Crippen LogP contribution in [0.2, 0.25) is 0 Å². The zero-order valence-corrected chi connectivity index (χ0v) is 9.57. The Balaban J connectivity index is 1.81. The highest BCUT2D eigenvalue weighted by molar-refractivity contribution is 5.78. The Hall–Kier alpha value is -1.36. The number of hydrogen-bond acceptors (Lipinski definition) is 3. The first-order chi connectivity index (χ1) is 7.77. The number of hydrogen-bond donors (Lipinski definition) is 2. The van der Waals surface area contributed by atoms with Crippen molar-refractivity contribution in [1.29, 1.82) is 0 Å². The molecule has 0 unspecified atom stereocenters. The van der Waals surface area contributed by atoms with E-state index in [1.54, 1.807) is 10.9 Å². The lowest BCUT2D eigenvalue weighted by atomic mass is 9.99. The van der Waals surface area contributed by atoms with E-state index in [1.165, 1.54) is 0 Å². The van der Waals surface area contributed by atoms with E-state index in [0.29, 0.717) is 6.54 Å². The maximum Gasteiger partial charge on any atom is 0.224 e. The van der Waals surface area contributed by atoms with Crippen molar-refractivity contribution in [3.63, 3.8) is 0 Å². The van der Waals surface area contributed by atoms with Crippen LogP contribution in [0.25, 0.3) is 0 Å². The summed E-state index contributed by atoms with van der Waals surface area (Å²) in [6.07, 6.45) is 3.82. The van der Waals surface area contributed by atoms with Crippen molar-refractivity contribution in [2.24, 2.45) is 13.0 Å². The number of aromatic nitrogens is 2. The van der Waals surface area contributed by atoms with Crippen LogP contribution in [-0.2, 0) is 18.4 Å². The van der Waals surface area contributed by atoms with Gasteiger partial charge in [0.1, 0.15) is 0 Å². The standard InChI is InChI=1S/C11H18N4O/c1-15-10(4-6-14-15)8-13-11(16)9-3-2-5-12-7-9/h4,6,9,12H,2-3,5,7-8H2,1H3,(H,13,16)/t9-/m0/s1. The van der Waals surface area contributed by atoms with Gasteiger partial charge in [0.15, 0.2) is 0 Å². The minimum absolute atomic E-state index is 0.127. The third-order valence-electron chi connectivity index (χ3n) is 3.03. The molecule has 2 rings (SSSR count). The molecule has 2 heterocycles. The molecule has 5 nitrogen and oxygen atoms in total. The highest BCUT2D eigenvalue weighted by Gasteiger charge is 2.20. The van der Waals surface area contributed by atoms with Crippen molar-refractivity contribution in [3.05, 3.63) is 18.0 Å². The van der Waals surface area contributed by atoms with Crippen LogP contribution >= 0.6 is 0 Å². The maximum atomic E-state index is 11.8. The van der Waals surface area contributed by atoms with Crippen LogP contribution in [-0.4, -0.2) is 28.8 Å². The average molecular weight is 222 g/mol. The van der Waals surface area contributed by atoms with Gasteiger partial charge < -0.3 is 10.6 Å². The molecule has 1 aliphatic heterocycles. The molecular formula is C11H18N4O. The van der Waals surface area contributed by atoms with E-state index in [9.17, 15) is 4.79 Å². The third kappa shape index (κ3) is 2.61. The predicted octanol–water partition coefficient (Wildman–Crippen LogP) is 0.0359. The lowest BCUT2D eigenvalue weighted by molar-refractivity contribution is -0.125. The van der Waals surface area contributed by atoms with Crippen LogP contribution in [0.5, 0.6) is 0 Å². The molecule has 1 aromatic heterocycles. The largest absolute Gasteiger partial charge is 0.350 e. The topological polar surface area (TPSA) is 59.0 Å². The van der Waals surface area contributed by atoms with Crippen molar-refractivity contribution in [3.8, 4) is 0 Å². The van der Waals surface area contributed by atoms with Gasteiger partial charge in [-0.05, 0) is 25.5 Å². The fourth-order valence-electron chi connectivity index (χ4n) is 1.97. The first-order valence-electron chi connectivity index (χ1n) is 5.72. The summed E-state index contributed by atoms with van der Waals surface area (Å²) in [6.45, 7) is 2.40. The maximum absolute atomic E-state index is 11.8. The molecule has 0 aliphatic carbocycles. The van der Waals surface area contributed by atoms with Crippen molar-refractivity contribution < 1.29 is 4.79 Å². The zero-order chi connectivity index (χ0) is 11.4. The Kier molecular flexibility index (Phi) is 3.56. The second-order valence-corrected chi connectivity index (χ2v) is 4.21. The molecule has 0 spiro atoms. The molecule has 0 radical (unpaired) electrons. The molecule has 1 saturated heterocycles. The summed E-state index contributed by atoms with van der Waals surface area (Å²) >= 11 is 0. The molecule has 0 aromatic carbocycles. The van der Waals surface area contributed by atoms with Crippen molar-refractivity contribution in [1.82, 2.24) is 20.4 Å². The molecular weight excluding hydrogens is 204 g/mol. The molecule has 1 atom stereocenters. The highest BCUT2D eigenvalue weighted by Crippen LogP contribution is 2.09. The fraction of sp³-hybridized carbons (Fsp3) is 0.636. The Morgan fingerprint density at radius 3 is 3.25 bits per heavy atom. The molecule has 1 fully saturated rings. The zero-order valence-electron chi connectivity index (χ0n) is 9.57. The minimum Gasteiger partial charge on any atom is -0.350 e. The van der Waals surface area contributed by atoms with Crippen LogP contribution in [0.4, 0.5) is 0 Å². The number of piperidine rings is 1. The van der Waals surface area contributed by atoms with Gasteiger partial charge in [-0.1, -0.05) is 0 Å². The fourth-order valence-corrected chi connectivity index (χ4v) is 1.97. The summed E-state index contributed by atoms with van der Waals surface area (Å²) in [5, 5.41) is 10.3. The van der Waals surface area contributed by atoms with Gasteiger partial charge in [0.25, 0.3) is 0 Å². The summed E-state index contributed by atoms with van der Waals surface area (Å²) in [5.74, 6) is 0.273. The minimum atomic E-state index is 0.127. The molecule has 0 saturated carbocycles. The van der Waals surface area contributed by atoms with Gasteiger partial charge in [0, 0.05) is 19.8 Å². The number of aryl methyl sites for hydroxylation is 1. The highest BCUT2D eigenvalue weighted by atomic mass is 16.1. The Bertz CT molecular complexity index is 355. The predicted molar refractivity (Wildman–Crippen MR) is 60.6 cm³/mol. The van der Waals surface area contributed by atoms with E-state index in [0.717, 1.165) is 31.6 Å². The quantitative estimate of drug-likeness (QED) is 0.759. The summed E-state index contributed by atoms with van der Waals surface area (Å²) in [7, 11) is 1.88. The van der Waals surface area contributed by atoms with Crippen LogP contribution in [0.15, 0.2) is 12.3 Å². The molecule has 2 N–H and O–H groups in total. The smallest absolute Gasteiger partial charge is 0.224 e. The van der Waals surface area contributed by atoms with Crippen molar-refractivity contribution in [2.75, 3.05) is 13.1 Å². The van der Waals surface area contributed by atoms with E-state index < -0.39 is 0 Å². The monoisotopic (exact) mass is 222 g/mol. The first-order valence-corrected chi connectivity index (χ1v) is 5.72. The summed E-state index contributed by atoms with van der Waals surface area (Å²) in [4.78, 5) is 11.8. The summed E-state index contributed by atoms with van der Waals surface area (Å²) in [6, 6.07) is 1.92. The van der Waals surface area contributed by atoms with E-state index in [4.69, 9.17) is 0 Å². The molecule has 16 heavy (non-hydrogen) atoms. The number of carbonyl (C=O) groups is 1. The average Bonchev–Trinajstić information content (AvgIpc) is 2.73. The van der Waals surface area contributed by atoms with Gasteiger partial charge in [-0.2, -0.15) is 5.10 Å². The van der Waals surface area contributed by atoms with Gasteiger partial charge in [-0.3, -0.25) is 9.48 Å². The second-order valence-electron chi connectivity index (χ2n) is 4.21. The van der Waals surface area contributed by atoms with Gasteiger partial charge in [0.05, 0.1) is 18.2 Å². The molecule has 1 aliphatic rings. The van der Waals surface area contributed by atoms with E-state index in [1.807, 2.05) is 13.1 Å². The molecule has 5 heteroatoms. The van der Waals surface area contributed by atoms with Gasteiger partial charge in [-0.25, -0.2) is 0 Å². The van der Waals surface area contributed by atoms with Crippen molar-refractivity contribution in [2.45, 2.75) is 19.4 Å². The SMILES string of the molecule is Cn1nccc1CNC(=O)[C@H]1CCCNC1. The lowest BCUT2D eigenvalue weighted by Gasteiger charge is -2.21. The molecule has 1 aromatic rings. The van der Waals surface area contributed by atoms with Crippen LogP contribution < -0.4 is 10.6 Å². The van der Waals surface area contributed by atoms with Crippen molar-refractivity contribution >= 4 is 5.91 Å². The second kappa shape index (κ2) is 5.12. The van der Waals surface area contributed by atoms with E-state index in [2.05, 4.69) is 15.7 Å². The Labute approximate surface area is 95.2 Å². The Morgan fingerprint density at radius 2 is 2.62 bits per heavy atom. The number of carbonyl (C=O) groups excluding carboxylic acids is 1. The Morgan fingerprint density at radius 1 is 1.75 bits per heavy atom. The molecule has 1 amide bonds. The summed E-state index contributed by atoms with van der Waals surface area (Å²) < 4.78 is 1.78. The van der Waals surface area contributed by atoms with Gasteiger partial charge in [-0.15, -0.1) is 0 Å². The number of rotatable bonds is 3. The van der Waals surface area contributed by atoms with Gasteiger partial charge in [0.2, 0.25) is 5.91 Å². The van der Waals surface area contributed by atoms with E-state index >= 15 is 0 Å². The summed E-state index contributed by atoms with van der Waals surface area (Å²) in [5.41, 5.74) is 1.03. The molecule has 0 bridgehead atoms. The first kappa shape index (κ1) is 11.1. The normalized spacial score (nSPS) is 20.7. The van der Waals surface area contributed by atoms with Crippen LogP contribution in [0.1, 0.15) is 18.5 Å². The number of amides is 1.